The quantitative estimate of drug-likeness (QED) is 0.128. The molecule has 0 bridgehead atoms. The highest BCUT2D eigenvalue weighted by Crippen LogP contribution is 2.46. The number of anilines is 1. The van der Waals surface area contributed by atoms with E-state index in [1.807, 2.05) is 0 Å². The van der Waals surface area contributed by atoms with E-state index in [1.165, 1.54) is 65.1 Å². The van der Waals surface area contributed by atoms with Crippen LogP contribution in [0.2, 0.25) is 0 Å². The molecule has 0 saturated heterocycles. The molecule has 1 aliphatic carbocycles. The predicted octanol–water partition coefficient (Wildman–Crippen LogP) is 8.08. The molecule has 11 rings (SSSR count). The van der Waals surface area contributed by atoms with Gasteiger partial charge in [-0.3, -0.25) is 5.32 Å². The minimum Gasteiger partial charge on any atom is -0.353 e. The molecule has 2 aliphatic heterocycles. The zero-order valence-corrected chi connectivity index (χ0v) is 32.5. The molecule has 0 amide bonds. The third-order valence-corrected chi connectivity index (χ3v) is 17.1. The van der Waals surface area contributed by atoms with Crippen LogP contribution in [0, 0.1) is 0 Å². The average molecular weight is 751 g/mol. The van der Waals surface area contributed by atoms with Crippen molar-refractivity contribution in [3.05, 3.63) is 223 Å². The molecule has 3 heterocycles. The van der Waals surface area contributed by atoms with Crippen LogP contribution in [0.5, 0.6) is 0 Å². The molecular weight excluding hydrogens is 709 g/mol. The van der Waals surface area contributed by atoms with Gasteiger partial charge in [0.15, 0.2) is 14.4 Å². The van der Waals surface area contributed by atoms with Gasteiger partial charge < -0.3 is 14.8 Å². The second-order valence-electron chi connectivity index (χ2n) is 15.3. The maximum atomic E-state index is 4.00. The molecule has 8 aromatic rings. The Kier molecular flexibility index (Phi) is 8.16. The summed E-state index contributed by atoms with van der Waals surface area (Å²) in [6, 6.07) is 67.6. The summed E-state index contributed by atoms with van der Waals surface area (Å²) in [5, 5.41) is 15.9. The van der Waals surface area contributed by atoms with E-state index in [-0.39, 0.29) is 18.2 Å². The monoisotopic (exact) mass is 750 g/mol. The highest BCUT2D eigenvalue weighted by atomic mass is 28.3. The lowest BCUT2D eigenvalue weighted by Gasteiger charge is -2.40. The zero-order valence-electron chi connectivity index (χ0n) is 31.5. The lowest BCUT2D eigenvalue weighted by Crippen LogP contribution is -2.74. The molecule has 0 radical (unpaired) electrons. The Morgan fingerprint density at radius 2 is 1.11 bits per heavy atom. The second kappa shape index (κ2) is 13.8. The maximum absolute atomic E-state index is 4.00. The fraction of sp³-hybridized carbons (Fsp3) is 0.0769. The van der Waals surface area contributed by atoms with E-state index in [0.717, 1.165) is 12.2 Å². The first-order valence-electron chi connectivity index (χ1n) is 20.0. The molecule has 2 N–H and O–H groups in total. The smallest absolute Gasteiger partial charge is 0.179 e. The van der Waals surface area contributed by atoms with Crippen LogP contribution < -0.4 is 36.3 Å². The molecule has 3 aliphatic rings. The molecule has 274 valence electrons. The first-order chi connectivity index (χ1) is 28.3. The van der Waals surface area contributed by atoms with Crippen LogP contribution in [0.4, 0.5) is 5.69 Å². The number of hydrogen-bond acceptors (Lipinski definition) is 3. The van der Waals surface area contributed by atoms with Crippen LogP contribution in [0.1, 0.15) is 17.0 Å². The topological polar surface area (TPSA) is 32.2 Å². The fourth-order valence-corrected chi connectivity index (χ4v) is 14.7. The van der Waals surface area contributed by atoms with Crippen molar-refractivity contribution >= 4 is 62.0 Å². The molecule has 0 saturated carbocycles. The van der Waals surface area contributed by atoms with Crippen LogP contribution in [0.25, 0.3) is 33.2 Å². The first kappa shape index (κ1) is 33.7. The number of allylic oxidation sites excluding steroid dienone is 2. The van der Waals surface area contributed by atoms with Crippen molar-refractivity contribution in [3.63, 3.8) is 0 Å². The number of hydrogen-bond donors (Lipinski definition) is 2. The van der Waals surface area contributed by atoms with Gasteiger partial charge in [-0.05, 0) is 68.3 Å². The lowest BCUT2D eigenvalue weighted by molar-refractivity contribution is 0.438. The Hall–Kier alpha value is -6.66. The largest absolute Gasteiger partial charge is 0.353 e. The summed E-state index contributed by atoms with van der Waals surface area (Å²) in [7, 11) is -2.67. The molecule has 3 unspecified atom stereocenters. The van der Waals surface area contributed by atoms with Gasteiger partial charge in [0.25, 0.3) is 0 Å². The SMILES string of the molecule is C1=CC2c3cc(-n4c5ccccc5c5ccccc54)ccc3N(C3NCC=C(c4cccc([Si](c5ccccc5)(c5ccccc5)c5ccccc5)c4)N3)C2C=C1. The number of fused-ring (bicyclic) bond motifs is 6. The molecule has 5 heteroatoms. The summed E-state index contributed by atoms with van der Waals surface area (Å²) in [5.41, 5.74) is 8.63. The minimum absolute atomic E-state index is 0.1000. The van der Waals surface area contributed by atoms with Crippen molar-refractivity contribution in [2.24, 2.45) is 0 Å². The number of para-hydroxylation sites is 2. The standard InChI is InChI=1S/C52H42N4Si/c1-4-18-39(19-5-1)57(40-20-6-2-7-21-40,41-22-8-3-9-23-41)42-24-16-17-37(35-42)47-33-34-53-52(54-47)56-50-30-15-12-27-45(50)46-36-38(31-32-51(46)56)55-48-28-13-10-25-43(48)44-26-11-14-29-49(44)55/h1-33,35-36,45,50,52-54H,34H2. The van der Waals surface area contributed by atoms with Gasteiger partial charge in [0, 0.05) is 40.3 Å². The normalized spacial score (nSPS) is 18.6. The van der Waals surface area contributed by atoms with Crippen LogP contribution in [0.3, 0.4) is 0 Å². The Bertz CT molecular complexity index is 2710. The summed E-state index contributed by atoms with van der Waals surface area (Å²) in [5.74, 6) is 0.244. The van der Waals surface area contributed by atoms with E-state index in [2.05, 4.69) is 232 Å². The zero-order chi connectivity index (χ0) is 37.8. The number of benzene rings is 7. The van der Waals surface area contributed by atoms with Gasteiger partial charge in [0.2, 0.25) is 0 Å². The van der Waals surface area contributed by atoms with Crippen molar-refractivity contribution in [1.82, 2.24) is 15.2 Å². The van der Waals surface area contributed by atoms with Crippen molar-refractivity contribution in [1.29, 1.82) is 0 Å². The minimum atomic E-state index is -2.67. The summed E-state index contributed by atoms with van der Waals surface area (Å²) >= 11 is 0. The van der Waals surface area contributed by atoms with Gasteiger partial charge >= 0.3 is 0 Å². The van der Waals surface area contributed by atoms with E-state index < -0.39 is 8.07 Å². The van der Waals surface area contributed by atoms with Crippen LogP contribution in [0.15, 0.2) is 212 Å². The summed E-state index contributed by atoms with van der Waals surface area (Å²) < 4.78 is 2.43. The Morgan fingerprint density at radius 3 is 1.75 bits per heavy atom. The molecule has 7 aromatic carbocycles. The summed E-state index contributed by atoms with van der Waals surface area (Å²) in [6.07, 6.45) is 11.4. The van der Waals surface area contributed by atoms with E-state index in [9.17, 15) is 0 Å². The van der Waals surface area contributed by atoms with E-state index in [4.69, 9.17) is 0 Å². The lowest BCUT2D eigenvalue weighted by atomic mass is 9.91. The van der Waals surface area contributed by atoms with Gasteiger partial charge in [0.05, 0.1) is 17.1 Å². The molecule has 57 heavy (non-hydrogen) atoms. The van der Waals surface area contributed by atoms with Gasteiger partial charge in [0.1, 0.15) is 0 Å². The van der Waals surface area contributed by atoms with E-state index >= 15 is 0 Å². The van der Waals surface area contributed by atoms with Crippen LogP contribution >= 0.6 is 0 Å². The van der Waals surface area contributed by atoms with E-state index in [0.29, 0.717) is 0 Å². The van der Waals surface area contributed by atoms with Crippen molar-refractivity contribution < 1.29 is 0 Å². The Balaban J connectivity index is 0.985. The third kappa shape index (κ3) is 5.38. The number of nitrogens with zero attached hydrogens (tertiary/aromatic N) is 2. The second-order valence-corrected chi connectivity index (χ2v) is 19.1. The highest BCUT2D eigenvalue weighted by Gasteiger charge is 2.43. The summed E-state index contributed by atoms with van der Waals surface area (Å²) in [6.45, 7) is 0.762. The average Bonchev–Trinajstić information content (AvgIpc) is 3.81. The van der Waals surface area contributed by atoms with E-state index in [1.54, 1.807) is 0 Å². The molecule has 1 aromatic heterocycles. The Morgan fingerprint density at radius 1 is 0.526 bits per heavy atom. The fourth-order valence-electron chi connectivity index (χ4n) is 9.89. The predicted molar refractivity (Wildman–Crippen MR) is 241 cm³/mol. The van der Waals surface area contributed by atoms with Crippen LogP contribution in [-0.4, -0.2) is 31.5 Å². The first-order valence-corrected chi connectivity index (χ1v) is 22.0. The Labute approximate surface area is 334 Å². The highest BCUT2D eigenvalue weighted by molar-refractivity contribution is 7.19. The van der Waals surface area contributed by atoms with Gasteiger partial charge in [-0.2, -0.15) is 0 Å². The molecule has 0 spiro atoms. The molecule has 4 nitrogen and oxygen atoms in total. The third-order valence-electron chi connectivity index (χ3n) is 12.3. The molecule has 0 fully saturated rings. The van der Waals surface area contributed by atoms with Gasteiger partial charge in [-0.25, -0.2) is 0 Å². The van der Waals surface area contributed by atoms with Crippen molar-refractivity contribution in [2.45, 2.75) is 18.2 Å². The molecule has 3 atom stereocenters. The number of aromatic nitrogens is 1. The number of nitrogens with one attached hydrogen (secondary N) is 2. The van der Waals surface area contributed by atoms with Gasteiger partial charge in [-0.15, -0.1) is 0 Å². The van der Waals surface area contributed by atoms with Crippen molar-refractivity contribution in [2.75, 3.05) is 11.4 Å². The van der Waals surface area contributed by atoms with Crippen LogP contribution in [-0.2, 0) is 0 Å². The number of rotatable bonds is 7. The molecular formula is C52H42N4Si. The van der Waals surface area contributed by atoms with Crippen molar-refractivity contribution in [3.8, 4) is 5.69 Å². The maximum Gasteiger partial charge on any atom is 0.179 e. The summed E-state index contributed by atoms with van der Waals surface area (Å²) in [4.78, 5) is 2.56. The van der Waals surface area contributed by atoms with Gasteiger partial charge in [-0.1, -0.05) is 176 Å².